The molecule has 2 rings (SSSR count). The molecule has 4 heteroatoms. The van der Waals surface area contributed by atoms with E-state index in [-0.39, 0.29) is 0 Å². The van der Waals surface area contributed by atoms with Gasteiger partial charge in [0.15, 0.2) is 0 Å². The van der Waals surface area contributed by atoms with Crippen LogP contribution in [0.3, 0.4) is 0 Å². The second kappa shape index (κ2) is 6.50. The minimum atomic E-state index is 0.596. The van der Waals surface area contributed by atoms with Crippen molar-refractivity contribution in [2.24, 2.45) is 0 Å². The Morgan fingerprint density at radius 3 is 3.06 bits per heavy atom. The summed E-state index contributed by atoms with van der Waals surface area (Å²) < 4.78 is 5.54. The lowest BCUT2D eigenvalue weighted by Gasteiger charge is -2.34. The van der Waals surface area contributed by atoms with Crippen LogP contribution in [-0.4, -0.2) is 37.7 Å². The lowest BCUT2D eigenvalue weighted by Crippen LogP contribution is -2.44. The molecule has 96 valence electrons. The predicted molar refractivity (Wildman–Crippen MR) is 72.4 cm³/mol. The van der Waals surface area contributed by atoms with Crippen LogP contribution in [0.25, 0.3) is 0 Å². The molecule has 17 heavy (non-hydrogen) atoms. The average molecular weight is 254 g/mol. The molecule has 0 amide bonds. The summed E-state index contributed by atoms with van der Waals surface area (Å²) in [5.41, 5.74) is 0. The highest BCUT2D eigenvalue weighted by atomic mass is 32.1. The van der Waals surface area contributed by atoms with Gasteiger partial charge >= 0.3 is 0 Å². The van der Waals surface area contributed by atoms with Crippen molar-refractivity contribution in [3.63, 3.8) is 0 Å². The molecule has 0 saturated carbocycles. The Balaban J connectivity index is 1.93. The van der Waals surface area contributed by atoms with Crippen molar-refractivity contribution in [3.8, 4) is 0 Å². The minimum absolute atomic E-state index is 0.596. The summed E-state index contributed by atoms with van der Waals surface area (Å²) >= 11 is 1.92. The maximum Gasteiger partial charge on any atom is 0.0622 e. The van der Waals surface area contributed by atoms with Crippen LogP contribution in [-0.2, 0) is 17.8 Å². The molecule has 0 spiro atoms. The minimum Gasteiger partial charge on any atom is -0.378 e. The number of ether oxygens (including phenoxy) is 1. The zero-order valence-electron chi connectivity index (χ0n) is 10.7. The zero-order chi connectivity index (χ0) is 12.1. The molecule has 1 N–H and O–H groups in total. The highest BCUT2D eigenvalue weighted by molar-refractivity contribution is 7.11. The van der Waals surface area contributed by atoms with Crippen LogP contribution in [0.5, 0.6) is 0 Å². The van der Waals surface area contributed by atoms with Crippen molar-refractivity contribution in [2.45, 2.75) is 32.5 Å². The van der Waals surface area contributed by atoms with E-state index in [1.807, 2.05) is 18.4 Å². The van der Waals surface area contributed by atoms with Crippen LogP contribution in [0, 0.1) is 0 Å². The second-order valence-corrected chi connectivity index (χ2v) is 5.76. The van der Waals surface area contributed by atoms with E-state index in [9.17, 15) is 0 Å². The third kappa shape index (κ3) is 3.52. The molecular formula is C13H22N2OS. The molecule has 0 aliphatic carbocycles. The Morgan fingerprint density at radius 2 is 2.29 bits per heavy atom. The monoisotopic (exact) mass is 254 g/mol. The molecule has 1 aliphatic rings. The van der Waals surface area contributed by atoms with E-state index < -0.39 is 0 Å². The van der Waals surface area contributed by atoms with Crippen LogP contribution >= 0.6 is 11.3 Å². The van der Waals surface area contributed by atoms with Crippen molar-refractivity contribution in [2.75, 3.05) is 26.8 Å². The van der Waals surface area contributed by atoms with Crippen molar-refractivity contribution >= 4 is 11.3 Å². The van der Waals surface area contributed by atoms with Gasteiger partial charge in [-0.3, -0.25) is 4.90 Å². The van der Waals surface area contributed by atoms with Gasteiger partial charge in [0.25, 0.3) is 0 Å². The standard InChI is InChI=1S/C13H22N2OS/c1-3-11-10-16-7-6-15(11)9-13-5-4-12(17-13)8-14-2/h4-5,11,14H,3,6-10H2,1-2H3. The third-order valence-electron chi connectivity index (χ3n) is 3.25. The smallest absolute Gasteiger partial charge is 0.0622 e. The van der Waals surface area contributed by atoms with Gasteiger partial charge in [0, 0.05) is 35.4 Å². The number of hydrogen-bond acceptors (Lipinski definition) is 4. The number of nitrogens with one attached hydrogen (secondary N) is 1. The third-order valence-corrected chi connectivity index (χ3v) is 4.32. The summed E-state index contributed by atoms with van der Waals surface area (Å²) in [6.07, 6.45) is 1.18. The molecule has 1 aromatic rings. The maximum atomic E-state index is 5.54. The summed E-state index contributed by atoms with van der Waals surface area (Å²) in [5.74, 6) is 0. The van der Waals surface area contributed by atoms with E-state index in [1.165, 1.54) is 16.2 Å². The van der Waals surface area contributed by atoms with E-state index in [1.54, 1.807) is 0 Å². The SMILES string of the molecule is CCC1COCCN1Cc1ccc(CNC)s1. The first-order valence-electron chi connectivity index (χ1n) is 6.37. The average Bonchev–Trinajstić information content (AvgIpc) is 2.78. The Bertz CT molecular complexity index is 340. The van der Waals surface area contributed by atoms with E-state index in [2.05, 4.69) is 29.3 Å². The highest BCUT2D eigenvalue weighted by Gasteiger charge is 2.21. The molecule has 0 radical (unpaired) electrons. The first-order chi connectivity index (χ1) is 8.33. The van der Waals surface area contributed by atoms with Gasteiger partial charge in [-0.15, -0.1) is 11.3 Å². The van der Waals surface area contributed by atoms with Gasteiger partial charge in [0.05, 0.1) is 13.2 Å². The topological polar surface area (TPSA) is 24.5 Å². The number of hydrogen-bond donors (Lipinski definition) is 1. The van der Waals surface area contributed by atoms with Crippen molar-refractivity contribution in [1.29, 1.82) is 0 Å². The van der Waals surface area contributed by atoms with Crippen molar-refractivity contribution < 1.29 is 4.74 Å². The number of rotatable bonds is 5. The van der Waals surface area contributed by atoms with Gasteiger partial charge < -0.3 is 10.1 Å². The fourth-order valence-electron chi connectivity index (χ4n) is 2.25. The normalized spacial score (nSPS) is 21.9. The predicted octanol–water partition coefficient (Wildman–Crippen LogP) is 2.08. The van der Waals surface area contributed by atoms with Crippen LogP contribution in [0.4, 0.5) is 0 Å². The highest BCUT2D eigenvalue weighted by Crippen LogP contribution is 2.21. The number of nitrogens with zero attached hydrogens (tertiary/aromatic N) is 1. The van der Waals surface area contributed by atoms with Crippen molar-refractivity contribution in [3.05, 3.63) is 21.9 Å². The van der Waals surface area contributed by atoms with E-state index in [0.29, 0.717) is 6.04 Å². The molecule has 1 aliphatic heterocycles. The first-order valence-corrected chi connectivity index (χ1v) is 7.19. The molecular weight excluding hydrogens is 232 g/mol. The first kappa shape index (κ1) is 13.0. The molecule has 3 nitrogen and oxygen atoms in total. The van der Waals surface area contributed by atoms with Crippen LogP contribution in [0.2, 0.25) is 0 Å². The zero-order valence-corrected chi connectivity index (χ0v) is 11.6. The van der Waals surface area contributed by atoms with Gasteiger partial charge in [-0.2, -0.15) is 0 Å². The molecule has 2 heterocycles. The van der Waals surface area contributed by atoms with Gasteiger partial charge in [0.2, 0.25) is 0 Å². The molecule has 1 aromatic heterocycles. The Morgan fingerprint density at radius 1 is 1.47 bits per heavy atom. The van der Waals surface area contributed by atoms with Gasteiger partial charge in [0.1, 0.15) is 0 Å². The Hall–Kier alpha value is -0.420. The summed E-state index contributed by atoms with van der Waals surface area (Å²) in [6, 6.07) is 5.09. The van der Waals surface area contributed by atoms with Crippen LogP contribution in [0.15, 0.2) is 12.1 Å². The molecule has 0 bridgehead atoms. The van der Waals surface area contributed by atoms with Gasteiger partial charge in [-0.1, -0.05) is 6.92 Å². The number of morpholine rings is 1. The Labute approximate surface area is 108 Å². The maximum absolute atomic E-state index is 5.54. The van der Waals surface area contributed by atoms with Gasteiger partial charge in [-0.25, -0.2) is 0 Å². The van der Waals surface area contributed by atoms with E-state index in [4.69, 9.17) is 4.74 Å². The summed E-state index contributed by atoms with van der Waals surface area (Å²) in [5, 5.41) is 3.20. The largest absolute Gasteiger partial charge is 0.378 e. The Kier molecular flexibility index (Phi) is 4.98. The molecule has 1 unspecified atom stereocenters. The second-order valence-electron chi connectivity index (χ2n) is 4.51. The summed E-state index contributed by atoms with van der Waals surface area (Å²) in [7, 11) is 1.99. The summed E-state index contributed by atoms with van der Waals surface area (Å²) in [4.78, 5) is 5.44. The quantitative estimate of drug-likeness (QED) is 0.870. The lowest BCUT2D eigenvalue weighted by molar-refractivity contribution is -0.0122. The van der Waals surface area contributed by atoms with E-state index in [0.717, 1.165) is 32.8 Å². The molecule has 1 fully saturated rings. The summed E-state index contributed by atoms with van der Waals surface area (Å²) in [6.45, 7) is 7.14. The van der Waals surface area contributed by atoms with Crippen LogP contribution in [0.1, 0.15) is 23.1 Å². The van der Waals surface area contributed by atoms with E-state index >= 15 is 0 Å². The fourth-order valence-corrected chi connectivity index (χ4v) is 3.31. The lowest BCUT2D eigenvalue weighted by atomic mass is 10.2. The molecule has 0 aromatic carbocycles. The number of thiophene rings is 1. The fraction of sp³-hybridized carbons (Fsp3) is 0.692. The molecule has 1 saturated heterocycles. The van der Waals surface area contributed by atoms with Crippen molar-refractivity contribution in [1.82, 2.24) is 10.2 Å². The molecule has 1 atom stereocenters. The van der Waals surface area contributed by atoms with Gasteiger partial charge in [-0.05, 0) is 25.6 Å². The van der Waals surface area contributed by atoms with Crippen LogP contribution < -0.4 is 5.32 Å².